The fourth-order valence-electron chi connectivity index (χ4n) is 2.29. The normalized spacial score (nSPS) is 11.9. The highest BCUT2D eigenvalue weighted by Crippen LogP contribution is 2.28. The number of methoxy groups -OCH3 is 1. The highest BCUT2D eigenvalue weighted by molar-refractivity contribution is 6.34. The van der Waals surface area contributed by atoms with E-state index >= 15 is 0 Å². The number of amides is 2. The lowest BCUT2D eigenvalue weighted by Crippen LogP contribution is -2.29. The zero-order valence-electron chi connectivity index (χ0n) is 13.3. The second-order valence-electron chi connectivity index (χ2n) is 4.80. The smallest absolute Gasteiger partial charge is 0.272 e. The minimum absolute atomic E-state index is 0.00738. The van der Waals surface area contributed by atoms with Crippen LogP contribution in [-0.4, -0.2) is 42.6 Å². The van der Waals surface area contributed by atoms with Crippen molar-refractivity contribution in [2.75, 3.05) is 21.2 Å². The molecule has 0 radical (unpaired) electrons. The molecule has 0 spiro atoms. The Hall–Kier alpha value is -2.09. The molecule has 9 heteroatoms. The topological polar surface area (TPSA) is 85.2 Å². The van der Waals surface area contributed by atoms with Crippen molar-refractivity contribution in [3.05, 3.63) is 51.5 Å². The van der Waals surface area contributed by atoms with Gasteiger partial charge in [0.25, 0.3) is 11.8 Å². The van der Waals surface area contributed by atoms with Crippen molar-refractivity contribution in [2.45, 2.75) is 6.23 Å². The molecule has 2 rings (SSSR count). The van der Waals surface area contributed by atoms with E-state index in [4.69, 9.17) is 27.9 Å². The van der Waals surface area contributed by atoms with E-state index in [1.165, 1.54) is 32.1 Å². The van der Waals surface area contributed by atoms with Crippen molar-refractivity contribution < 1.29 is 14.3 Å². The van der Waals surface area contributed by atoms with Crippen LogP contribution in [0.3, 0.4) is 0 Å². The number of hydrogen-bond acceptors (Lipinski definition) is 4. The van der Waals surface area contributed by atoms with Gasteiger partial charge in [-0.15, -0.1) is 0 Å². The maximum Gasteiger partial charge on any atom is 0.272 e. The van der Waals surface area contributed by atoms with Crippen molar-refractivity contribution in [3.63, 3.8) is 0 Å². The van der Waals surface area contributed by atoms with Gasteiger partial charge < -0.3 is 15.4 Å². The first-order valence-corrected chi connectivity index (χ1v) is 7.68. The molecule has 2 amide bonds. The summed E-state index contributed by atoms with van der Waals surface area (Å²) in [4.78, 5) is 28.3. The summed E-state index contributed by atoms with van der Waals surface area (Å²) in [5.74, 6) is -0.951. The molecule has 128 valence electrons. The monoisotopic (exact) mass is 370 g/mol. The summed E-state index contributed by atoms with van der Waals surface area (Å²) in [5, 5.41) is 5.79. The number of ether oxygens (including phenoxy) is 1. The standard InChI is InChI=1S/C15H16Cl2N4O3/c1-18-13(22)11-12(14(23)19-2)21(7-20-11)15(24-3)8-4-9(16)6-10(17)5-8/h4-7,15H,1-3H3,(H,18,22)(H,19,23). The number of nitrogens with one attached hydrogen (secondary N) is 2. The van der Waals surface area contributed by atoms with Gasteiger partial charge in [0, 0.05) is 36.8 Å². The van der Waals surface area contributed by atoms with Gasteiger partial charge in [-0.2, -0.15) is 0 Å². The third-order valence-corrected chi connectivity index (χ3v) is 3.76. The Labute approximate surface area is 148 Å². The SMILES string of the molecule is CNC(=O)c1ncn(C(OC)c2cc(Cl)cc(Cl)c2)c1C(=O)NC. The van der Waals surface area contributed by atoms with Crippen LogP contribution in [0.25, 0.3) is 0 Å². The van der Waals surface area contributed by atoms with Crippen molar-refractivity contribution in [1.82, 2.24) is 20.2 Å². The summed E-state index contributed by atoms with van der Waals surface area (Å²) in [6.45, 7) is 0. The van der Waals surface area contributed by atoms with Crippen LogP contribution in [-0.2, 0) is 4.74 Å². The highest BCUT2D eigenvalue weighted by Gasteiger charge is 2.27. The summed E-state index contributed by atoms with van der Waals surface area (Å²) in [5.41, 5.74) is 0.674. The van der Waals surface area contributed by atoms with E-state index < -0.39 is 18.0 Å². The highest BCUT2D eigenvalue weighted by atomic mass is 35.5. The van der Waals surface area contributed by atoms with Crippen molar-refractivity contribution in [3.8, 4) is 0 Å². The Morgan fingerprint density at radius 3 is 2.21 bits per heavy atom. The zero-order valence-corrected chi connectivity index (χ0v) is 14.8. The minimum atomic E-state index is -0.737. The summed E-state index contributed by atoms with van der Waals surface area (Å²) < 4.78 is 6.94. The predicted molar refractivity (Wildman–Crippen MR) is 90.6 cm³/mol. The van der Waals surface area contributed by atoms with Crippen LogP contribution in [0.5, 0.6) is 0 Å². The average molecular weight is 371 g/mol. The second-order valence-corrected chi connectivity index (χ2v) is 5.67. The molecule has 1 unspecified atom stereocenters. The molecular formula is C15H16Cl2N4O3. The average Bonchev–Trinajstić information content (AvgIpc) is 2.98. The quantitative estimate of drug-likeness (QED) is 0.843. The largest absolute Gasteiger partial charge is 0.357 e. The zero-order chi connectivity index (χ0) is 17.9. The van der Waals surface area contributed by atoms with Gasteiger partial charge in [-0.05, 0) is 18.2 Å². The predicted octanol–water partition coefficient (Wildman–Crippen LogP) is 2.10. The summed E-state index contributed by atoms with van der Waals surface area (Å²) in [7, 11) is 4.39. The van der Waals surface area contributed by atoms with Crippen LogP contribution in [0.2, 0.25) is 10.0 Å². The first-order chi connectivity index (χ1) is 11.4. The van der Waals surface area contributed by atoms with Gasteiger partial charge in [0.05, 0.1) is 6.33 Å². The number of aromatic nitrogens is 2. The number of carbonyl (C=O) groups is 2. The molecule has 1 atom stereocenters. The number of hydrogen-bond donors (Lipinski definition) is 2. The maximum atomic E-state index is 12.3. The van der Waals surface area contributed by atoms with Gasteiger partial charge in [0.2, 0.25) is 0 Å². The molecule has 0 bridgehead atoms. The molecule has 7 nitrogen and oxygen atoms in total. The van der Waals surface area contributed by atoms with E-state index in [9.17, 15) is 9.59 Å². The Bertz CT molecular complexity index is 756. The van der Waals surface area contributed by atoms with E-state index in [-0.39, 0.29) is 11.4 Å². The van der Waals surface area contributed by atoms with E-state index in [2.05, 4.69) is 15.6 Å². The molecular weight excluding hydrogens is 355 g/mol. The third-order valence-electron chi connectivity index (χ3n) is 3.32. The van der Waals surface area contributed by atoms with E-state index in [1.54, 1.807) is 18.2 Å². The number of halogens is 2. The van der Waals surface area contributed by atoms with Crippen LogP contribution in [0.1, 0.15) is 32.8 Å². The summed E-state index contributed by atoms with van der Waals surface area (Å²) in [6, 6.07) is 4.91. The number of imidazole rings is 1. The van der Waals surface area contributed by atoms with E-state index in [0.717, 1.165) is 0 Å². The first-order valence-electron chi connectivity index (χ1n) is 6.92. The van der Waals surface area contributed by atoms with Gasteiger partial charge in [-0.3, -0.25) is 14.2 Å². The number of benzene rings is 1. The van der Waals surface area contributed by atoms with Gasteiger partial charge >= 0.3 is 0 Å². The molecule has 0 saturated carbocycles. The van der Waals surface area contributed by atoms with Crippen molar-refractivity contribution >= 4 is 35.0 Å². The lowest BCUT2D eigenvalue weighted by atomic mass is 10.2. The fourth-order valence-corrected chi connectivity index (χ4v) is 2.84. The fraction of sp³-hybridized carbons (Fsp3) is 0.267. The molecule has 1 heterocycles. The lowest BCUT2D eigenvalue weighted by Gasteiger charge is -2.20. The van der Waals surface area contributed by atoms with E-state index in [1.807, 2.05) is 0 Å². The van der Waals surface area contributed by atoms with Gasteiger partial charge in [-0.25, -0.2) is 4.98 Å². The Morgan fingerprint density at radius 2 is 1.71 bits per heavy atom. The second kappa shape index (κ2) is 7.65. The minimum Gasteiger partial charge on any atom is -0.357 e. The molecule has 24 heavy (non-hydrogen) atoms. The lowest BCUT2D eigenvalue weighted by molar-refractivity contribution is 0.0715. The Balaban J connectivity index is 2.62. The van der Waals surface area contributed by atoms with E-state index in [0.29, 0.717) is 15.6 Å². The van der Waals surface area contributed by atoms with Crippen molar-refractivity contribution in [1.29, 1.82) is 0 Å². The molecule has 0 aliphatic carbocycles. The number of carbonyl (C=O) groups excluding carboxylic acids is 2. The van der Waals surface area contributed by atoms with Crippen LogP contribution in [0.4, 0.5) is 0 Å². The Kier molecular flexibility index (Phi) is 5.82. The van der Waals surface area contributed by atoms with Gasteiger partial charge in [0.15, 0.2) is 11.9 Å². The first kappa shape index (κ1) is 18.3. The number of nitrogens with zero attached hydrogens (tertiary/aromatic N) is 2. The maximum absolute atomic E-state index is 12.3. The molecule has 2 aromatic rings. The van der Waals surface area contributed by atoms with Gasteiger partial charge in [0.1, 0.15) is 5.69 Å². The molecule has 1 aromatic carbocycles. The Morgan fingerprint density at radius 1 is 1.12 bits per heavy atom. The summed E-state index contributed by atoms with van der Waals surface area (Å²) in [6.07, 6.45) is 0.623. The number of rotatable bonds is 5. The van der Waals surface area contributed by atoms with Crippen LogP contribution < -0.4 is 10.6 Å². The van der Waals surface area contributed by atoms with Crippen LogP contribution >= 0.6 is 23.2 Å². The third kappa shape index (κ3) is 3.53. The molecule has 0 aliphatic rings. The molecule has 0 saturated heterocycles. The molecule has 2 N–H and O–H groups in total. The van der Waals surface area contributed by atoms with Crippen molar-refractivity contribution in [2.24, 2.45) is 0 Å². The summed E-state index contributed by atoms with van der Waals surface area (Å²) >= 11 is 12.1. The molecule has 0 fully saturated rings. The molecule has 1 aromatic heterocycles. The van der Waals surface area contributed by atoms with Crippen LogP contribution in [0, 0.1) is 0 Å². The molecule has 0 aliphatic heterocycles. The van der Waals surface area contributed by atoms with Gasteiger partial charge in [-0.1, -0.05) is 23.2 Å². The van der Waals surface area contributed by atoms with Crippen LogP contribution in [0.15, 0.2) is 24.5 Å².